The van der Waals surface area contributed by atoms with E-state index < -0.39 is 0 Å². The molecule has 0 aromatic heterocycles. The minimum Gasteiger partial charge on any atom is -0.493 e. The highest BCUT2D eigenvalue weighted by Gasteiger charge is 2.00. The van der Waals surface area contributed by atoms with Crippen molar-refractivity contribution < 1.29 is 14.2 Å². The van der Waals surface area contributed by atoms with E-state index in [0.29, 0.717) is 26.4 Å². The van der Waals surface area contributed by atoms with Gasteiger partial charge in [0.2, 0.25) is 0 Å². The maximum absolute atomic E-state index is 5.92. The molecule has 4 nitrogen and oxygen atoms in total. The van der Waals surface area contributed by atoms with Crippen LogP contribution in [0.2, 0.25) is 0 Å². The predicted molar refractivity (Wildman–Crippen MR) is 118 cm³/mol. The lowest BCUT2D eigenvalue weighted by Gasteiger charge is -2.11. The standard InChI is InChI=1S/C25H29NO3/c1-2-27-17-18-29-24-13-11-23(12-14-24)26-20-22-9-6-10-25(19-22)28-16-15-21-7-4-3-5-8-21/h3-14,19,26H,2,15-18,20H2,1H3. The predicted octanol–water partition coefficient (Wildman–Crippen LogP) is 5.34. The van der Waals surface area contributed by atoms with E-state index >= 15 is 0 Å². The Morgan fingerprint density at radius 2 is 1.45 bits per heavy atom. The number of rotatable bonds is 12. The van der Waals surface area contributed by atoms with Gasteiger partial charge in [0.1, 0.15) is 18.1 Å². The third-order valence-corrected chi connectivity index (χ3v) is 4.45. The lowest BCUT2D eigenvalue weighted by atomic mass is 10.2. The van der Waals surface area contributed by atoms with E-state index in [4.69, 9.17) is 14.2 Å². The van der Waals surface area contributed by atoms with Crippen LogP contribution < -0.4 is 14.8 Å². The lowest BCUT2D eigenvalue weighted by Crippen LogP contribution is -2.06. The van der Waals surface area contributed by atoms with Crippen LogP contribution in [0.5, 0.6) is 11.5 Å². The minimum atomic E-state index is 0.567. The summed E-state index contributed by atoms with van der Waals surface area (Å²) in [6.45, 7) is 5.28. The molecule has 0 heterocycles. The van der Waals surface area contributed by atoms with Crippen molar-refractivity contribution in [2.24, 2.45) is 0 Å². The highest BCUT2D eigenvalue weighted by molar-refractivity contribution is 5.47. The van der Waals surface area contributed by atoms with Crippen molar-refractivity contribution in [3.8, 4) is 11.5 Å². The van der Waals surface area contributed by atoms with Gasteiger partial charge in [-0.1, -0.05) is 42.5 Å². The van der Waals surface area contributed by atoms with Gasteiger partial charge in [0.15, 0.2) is 0 Å². The summed E-state index contributed by atoms with van der Waals surface area (Å²) in [4.78, 5) is 0. The van der Waals surface area contributed by atoms with E-state index in [1.54, 1.807) is 0 Å². The topological polar surface area (TPSA) is 39.7 Å². The molecule has 1 N–H and O–H groups in total. The molecule has 3 aromatic carbocycles. The van der Waals surface area contributed by atoms with E-state index in [9.17, 15) is 0 Å². The van der Waals surface area contributed by atoms with Crippen molar-refractivity contribution in [2.75, 3.05) is 31.7 Å². The zero-order valence-corrected chi connectivity index (χ0v) is 17.0. The van der Waals surface area contributed by atoms with Crippen molar-refractivity contribution in [1.29, 1.82) is 0 Å². The molecule has 0 aliphatic carbocycles. The molecule has 0 saturated carbocycles. The lowest BCUT2D eigenvalue weighted by molar-refractivity contribution is 0.110. The van der Waals surface area contributed by atoms with Crippen LogP contribution in [0, 0.1) is 0 Å². The van der Waals surface area contributed by atoms with Crippen molar-refractivity contribution in [3.63, 3.8) is 0 Å². The number of hydrogen-bond acceptors (Lipinski definition) is 4. The number of benzene rings is 3. The van der Waals surface area contributed by atoms with E-state index in [0.717, 1.165) is 30.2 Å². The molecule has 4 heteroatoms. The minimum absolute atomic E-state index is 0.567. The van der Waals surface area contributed by atoms with Crippen LogP contribution in [0.3, 0.4) is 0 Å². The second-order valence-corrected chi connectivity index (χ2v) is 6.65. The fourth-order valence-corrected chi connectivity index (χ4v) is 2.91. The number of anilines is 1. The Labute approximate surface area is 173 Å². The quantitative estimate of drug-likeness (QED) is 0.423. The van der Waals surface area contributed by atoms with Crippen LogP contribution >= 0.6 is 0 Å². The first kappa shape index (κ1) is 20.7. The Hall–Kier alpha value is -2.98. The monoisotopic (exact) mass is 391 g/mol. The highest BCUT2D eigenvalue weighted by atomic mass is 16.5. The normalized spacial score (nSPS) is 10.5. The molecule has 0 aliphatic heterocycles. The second-order valence-electron chi connectivity index (χ2n) is 6.65. The first-order valence-corrected chi connectivity index (χ1v) is 10.1. The maximum atomic E-state index is 5.92. The molecule has 0 radical (unpaired) electrons. The van der Waals surface area contributed by atoms with Gasteiger partial charge in [-0.15, -0.1) is 0 Å². The molecule has 0 aliphatic rings. The van der Waals surface area contributed by atoms with Gasteiger partial charge in [-0.3, -0.25) is 0 Å². The molecular weight excluding hydrogens is 362 g/mol. The molecule has 0 amide bonds. The average Bonchev–Trinajstić information content (AvgIpc) is 2.77. The maximum Gasteiger partial charge on any atom is 0.119 e. The number of nitrogens with one attached hydrogen (secondary N) is 1. The molecule has 152 valence electrons. The fourth-order valence-electron chi connectivity index (χ4n) is 2.91. The van der Waals surface area contributed by atoms with Gasteiger partial charge in [-0.05, 0) is 54.4 Å². The van der Waals surface area contributed by atoms with Gasteiger partial charge in [0, 0.05) is 25.3 Å². The van der Waals surface area contributed by atoms with Gasteiger partial charge in [-0.25, -0.2) is 0 Å². The molecule has 29 heavy (non-hydrogen) atoms. The smallest absolute Gasteiger partial charge is 0.119 e. The highest BCUT2D eigenvalue weighted by Crippen LogP contribution is 2.18. The van der Waals surface area contributed by atoms with Crippen LogP contribution in [0.1, 0.15) is 18.1 Å². The van der Waals surface area contributed by atoms with Crippen LogP contribution in [0.15, 0.2) is 78.9 Å². The van der Waals surface area contributed by atoms with E-state index in [-0.39, 0.29) is 0 Å². The van der Waals surface area contributed by atoms with Gasteiger partial charge in [0.05, 0.1) is 13.2 Å². The molecule has 0 fully saturated rings. The van der Waals surface area contributed by atoms with Crippen molar-refractivity contribution >= 4 is 5.69 Å². The Balaban J connectivity index is 1.42. The molecule has 0 atom stereocenters. The average molecular weight is 392 g/mol. The van der Waals surface area contributed by atoms with Crippen LogP contribution in [0.4, 0.5) is 5.69 Å². The second kappa shape index (κ2) is 11.8. The first-order valence-electron chi connectivity index (χ1n) is 10.1. The van der Waals surface area contributed by atoms with E-state index in [1.807, 2.05) is 49.4 Å². The Kier molecular flexibility index (Phi) is 8.42. The molecule has 3 aromatic rings. The fraction of sp³-hybridized carbons (Fsp3) is 0.280. The van der Waals surface area contributed by atoms with Crippen LogP contribution in [-0.4, -0.2) is 26.4 Å². The summed E-state index contributed by atoms with van der Waals surface area (Å²) in [5.74, 6) is 1.75. The SMILES string of the molecule is CCOCCOc1ccc(NCc2cccc(OCCc3ccccc3)c2)cc1. The van der Waals surface area contributed by atoms with Gasteiger partial charge < -0.3 is 19.5 Å². The van der Waals surface area contributed by atoms with Gasteiger partial charge in [0.25, 0.3) is 0 Å². The molecule has 3 rings (SSSR count). The zero-order chi connectivity index (χ0) is 20.2. The largest absolute Gasteiger partial charge is 0.493 e. The van der Waals surface area contributed by atoms with Crippen LogP contribution in [-0.2, 0) is 17.7 Å². The van der Waals surface area contributed by atoms with Crippen LogP contribution in [0.25, 0.3) is 0 Å². The summed E-state index contributed by atoms with van der Waals surface area (Å²) in [5, 5.41) is 3.44. The van der Waals surface area contributed by atoms with Crippen molar-refractivity contribution in [1.82, 2.24) is 0 Å². The molecule has 0 spiro atoms. The summed E-state index contributed by atoms with van der Waals surface area (Å²) >= 11 is 0. The third kappa shape index (κ3) is 7.51. The third-order valence-electron chi connectivity index (χ3n) is 4.45. The molecule has 0 saturated heterocycles. The summed E-state index contributed by atoms with van der Waals surface area (Å²) in [6.07, 6.45) is 0.905. The molecular formula is C25H29NO3. The summed E-state index contributed by atoms with van der Waals surface area (Å²) in [6, 6.07) is 26.6. The van der Waals surface area contributed by atoms with E-state index in [2.05, 4.69) is 41.7 Å². The van der Waals surface area contributed by atoms with Gasteiger partial charge >= 0.3 is 0 Å². The van der Waals surface area contributed by atoms with Crippen molar-refractivity contribution in [2.45, 2.75) is 19.9 Å². The Morgan fingerprint density at radius 1 is 0.690 bits per heavy atom. The molecule has 0 unspecified atom stereocenters. The Morgan fingerprint density at radius 3 is 2.24 bits per heavy atom. The first-order chi connectivity index (χ1) is 14.3. The summed E-state index contributed by atoms with van der Waals surface area (Å²) < 4.78 is 16.8. The zero-order valence-electron chi connectivity index (χ0n) is 17.0. The van der Waals surface area contributed by atoms with E-state index in [1.165, 1.54) is 11.1 Å². The summed E-state index contributed by atoms with van der Waals surface area (Å²) in [5.41, 5.74) is 3.52. The van der Waals surface area contributed by atoms with Gasteiger partial charge in [-0.2, -0.15) is 0 Å². The summed E-state index contributed by atoms with van der Waals surface area (Å²) in [7, 11) is 0. The Bertz CT molecular complexity index is 834. The number of ether oxygens (including phenoxy) is 3. The molecule has 0 bridgehead atoms. The van der Waals surface area contributed by atoms with Crippen molar-refractivity contribution in [3.05, 3.63) is 90.0 Å². The number of hydrogen-bond donors (Lipinski definition) is 1.